The molecule has 1 heterocycles. The molecule has 4 heteroatoms. The molecular weight excluding hydrogens is 382 g/mol. The average Bonchev–Trinajstić information content (AvgIpc) is 2.55. The second-order valence-corrected chi connectivity index (χ2v) is 5.86. The van der Waals surface area contributed by atoms with Gasteiger partial charge in [0.05, 0.1) is 9.72 Å². The number of thiophene rings is 1. The summed E-state index contributed by atoms with van der Waals surface area (Å²) in [5.74, 6) is 0. The van der Waals surface area contributed by atoms with Gasteiger partial charge in [-0.2, -0.15) is 0 Å². The van der Waals surface area contributed by atoms with Gasteiger partial charge in [0.15, 0.2) is 0 Å². The van der Waals surface area contributed by atoms with E-state index in [1.54, 1.807) is 11.3 Å². The lowest BCUT2D eigenvalue weighted by Crippen LogP contribution is -1.71. The number of hydrogen-bond acceptors (Lipinski definition) is 1. The first-order valence-electron chi connectivity index (χ1n) is 3.65. The van der Waals surface area contributed by atoms with Crippen LogP contribution in [0.5, 0.6) is 0 Å². The van der Waals surface area contributed by atoms with Crippen LogP contribution < -0.4 is 0 Å². The van der Waals surface area contributed by atoms with E-state index >= 15 is 0 Å². The lowest BCUT2D eigenvalue weighted by atomic mass is 10.2. The first-order valence-corrected chi connectivity index (χ1v) is 7.04. The molecule has 0 radical (unpaired) electrons. The van der Waals surface area contributed by atoms with Gasteiger partial charge in [-0.3, -0.25) is 0 Å². The van der Waals surface area contributed by atoms with Crippen LogP contribution in [0.2, 0.25) is 5.02 Å². The average molecular weight is 387 g/mol. The van der Waals surface area contributed by atoms with Crippen molar-refractivity contribution in [3.8, 4) is 0 Å². The monoisotopic (exact) mass is 386 g/mol. The van der Waals surface area contributed by atoms with Crippen molar-refractivity contribution in [3.05, 3.63) is 31.7 Å². The molecule has 68 valence electrons. The molecule has 0 atom stereocenters. The second kappa shape index (κ2) is 4.04. The van der Waals surface area contributed by atoms with Crippen LogP contribution in [-0.4, -0.2) is 0 Å². The van der Waals surface area contributed by atoms with Gasteiger partial charge in [0.2, 0.25) is 0 Å². The lowest BCUT2D eigenvalue weighted by Gasteiger charge is -1.95. The van der Waals surface area contributed by atoms with Gasteiger partial charge in [0.25, 0.3) is 0 Å². The fraction of sp³-hybridized carbons (Fsp3) is 0.111. The Balaban J connectivity index is 2.76. The zero-order chi connectivity index (χ0) is 9.42. The zero-order valence-electron chi connectivity index (χ0n) is 6.48. The van der Waals surface area contributed by atoms with E-state index in [4.69, 9.17) is 11.6 Å². The zero-order valence-corrected chi connectivity index (χ0v) is 11.8. The number of fused-ring (bicyclic) bond motifs is 1. The summed E-state index contributed by atoms with van der Waals surface area (Å²) >= 11 is 13.6. The molecule has 0 N–H and O–H groups in total. The summed E-state index contributed by atoms with van der Waals surface area (Å²) in [6.07, 6.45) is 0. The molecule has 0 unspecified atom stereocenters. The molecule has 1 aromatic carbocycles. The van der Waals surface area contributed by atoms with Gasteiger partial charge < -0.3 is 0 Å². The molecule has 0 aliphatic carbocycles. The van der Waals surface area contributed by atoms with Crippen LogP contribution in [0.1, 0.15) is 4.88 Å². The van der Waals surface area contributed by atoms with Crippen molar-refractivity contribution in [1.29, 1.82) is 0 Å². The molecule has 2 rings (SSSR count). The van der Waals surface area contributed by atoms with Crippen LogP contribution >= 0.6 is 61.5 Å². The van der Waals surface area contributed by atoms with Crippen LogP contribution in [0, 0.1) is 3.57 Å². The summed E-state index contributed by atoms with van der Waals surface area (Å²) in [5, 5.41) is 3.03. The topological polar surface area (TPSA) is 0 Å². The third kappa shape index (κ3) is 1.89. The van der Waals surface area contributed by atoms with Crippen molar-refractivity contribution in [2.75, 3.05) is 0 Å². The van der Waals surface area contributed by atoms with E-state index in [0.717, 1.165) is 13.9 Å². The highest BCUT2D eigenvalue weighted by atomic mass is 127. The van der Waals surface area contributed by atoms with Gasteiger partial charge in [0.1, 0.15) is 0 Å². The van der Waals surface area contributed by atoms with Crippen molar-refractivity contribution in [1.82, 2.24) is 0 Å². The van der Waals surface area contributed by atoms with Gasteiger partial charge >= 0.3 is 0 Å². The first kappa shape index (κ1) is 10.2. The Bertz CT molecular complexity index is 452. The van der Waals surface area contributed by atoms with Crippen LogP contribution in [-0.2, 0) is 5.33 Å². The molecule has 0 saturated carbocycles. The fourth-order valence-electron chi connectivity index (χ4n) is 1.16. The Labute approximate surface area is 108 Å². The van der Waals surface area contributed by atoms with Gasteiger partial charge in [-0.25, -0.2) is 0 Å². The van der Waals surface area contributed by atoms with Crippen molar-refractivity contribution < 1.29 is 0 Å². The van der Waals surface area contributed by atoms with E-state index in [2.05, 4.69) is 56.7 Å². The highest BCUT2D eigenvalue weighted by molar-refractivity contribution is 14.1. The smallest absolute Gasteiger partial charge is 0.0717 e. The molecule has 13 heavy (non-hydrogen) atoms. The van der Waals surface area contributed by atoms with E-state index in [-0.39, 0.29) is 0 Å². The summed E-state index contributed by atoms with van der Waals surface area (Å²) in [5.41, 5.74) is 0. The minimum absolute atomic E-state index is 0.885. The normalized spacial score (nSPS) is 11.0. The maximum atomic E-state index is 6.18. The highest BCUT2D eigenvalue weighted by Gasteiger charge is 2.06. The summed E-state index contributed by atoms with van der Waals surface area (Å²) in [6, 6.07) is 6.35. The number of alkyl halides is 1. The second-order valence-electron chi connectivity index (χ2n) is 2.63. The summed E-state index contributed by atoms with van der Waals surface area (Å²) in [4.78, 5) is 1.32. The standard InChI is InChI=1S/C9H5BrClIS/c10-4-6-3-5-1-2-7(12)8(11)9(5)13-6/h1-3H,4H2. The van der Waals surface area contributed by atoms with E-state index < -0.39 is 0 Å². The molecule has 0 saturated heterocycles. The minimum Gasteiger partial charge on any atom is -0.138 e. The van der Waals surface area contributed by atoms with Crippen LogP contribution in [0.3, 0.4) is 0 Å². The number of benzene rings is 1. The van der Waals surface area contributed by atoms with Gasteiger partial charge in [-0.05, 0) is 40.1 Å². The molecule has 0 bridgehead atoms. The molecule has 1 aromatic heterocycles. The predicted octanol–water partition coefficient (Wildman–Crippen LogP) is 5.05. The molecule has 0 nitrogen and oxygen atoms in total. The number of halogens is 3. The summed E-state index contributed by atoms with van der Waals surface area (Å²) in [7, 11) is 0. The largest absolute Gasteiger partial charge is 0.138 e. The Morgan fingerprint density at radius 1 is 1.46 bits per heavy atom. The molecule has 2 aromatic rings. The fourth-order valence-corrected chi connectivity index (χ4v) is 3.54. The van der Waals surface area contributed by atoms with Crippen molar-refractivity contribution in [3.63, 3.8) is 0 Å². The van der Waals surface area contributed by atoms with E-state index in [0.29, 0.717) is 0 Å². The van der Waals surface area contributed by atoms with E-state index in [9.17, 15) is 0 Å². The van der Waals surface area contributed by atoms with Gasteiger partial charge in [0, 0.05) is 13.8 Å². The Hall–Kier alpha value is 0.680. The minimum atomic E-state index is 0.885. The van der Waals surface area contributed by atoms with Crippen LogP contribution in [0.15, 0.2) is 18.2 Å². The number of rotatable bonds is 1. The first-order chi connectivity index (χ1) is 6.22. The SMILES string of the molecule is Clc1c(I)ccc2cc(CBr)sc12. The van der Waals surface area contributed by atoms with E-state index in [1.807, 2.05) is 0 Å². The van der Waals surface area contributed by atoms with E-state index in [1.165, 1.54) is 15.0 Å². The predicted molar refractivity (Wildman–Crippen MR) is 72.2 cm³/mol. The van der Waals surface area contributed by atoms with Gasteiger partial charge in [-0.1, -0.05) is 33.6 Å². The van der Waals surface area contributed by atoms with Crippen molar-refractivity contribution in [2.45, 2.75) is 5.33 Å². The highest BCUT2D eigenvalue weighted by Crippen LogP contribution is 2.35. The number of hydrogen-bond donors (Lipinski definition) is 0. The maximum Gasteiger partial charge on any atom is 0.0717 e. The third-order valence-corrected chi connectivity index (χ3v) is 5.63. The summed E-state index contributed by atoms with van der Waals surface area (Å²) in [6.45, 7) is 0. The molecule has 0 aliphatic heterocycles. The molecule has 0 amide bonds. The lowest BCUT2D eigenvalue weighted by molar-refractivity contribution is 1.59. The molecular formula is C9H5BrClIS. The van der Waals surface area contributed by atoms with Crippen LogP contribution in [0.4, 0.5) is 0 Å². The Morgan fingerprint density at radius 3 is 2.92 bits per heavy atom. The van der Waals surface area contributed by atoms with Gasteiger partial charge in [-0.15, -0.1) is 11.3 Å². The summed E-state index contributed by atoms with van der Waals surface area (Å²) < 4.78 is 2.32. The molecule has 0 fully saturated rings. The third-order valence-electron chi connectivity index (χ3n) is 1.76. The maximum absolute atomic E-state index is 6.18. The molecule has 0 aliphatic rings. The molecule has 0 spiro atoms. The Kier molecular flexibility index (Phi) is 3.18. The van der Waals surface area contributed by atoms with Crippen LogP contribution in [0.25, 0.3) is 10.1 Å². The van der Waals surface area contributed by atoms with Crippen molar-refractivity contribution >= 4 is 71.5 Å². The Morgan fingerprint density at radius 2 is 2.23 bits per heavy atom. The quantitative estimate of drug-likeness (QED) is 0.474. The van der Waals surface area contributed by atoms with Crippen molar-refractivity contribution in [2.24, 2.45) is 0 Å².